The molecule has 0 saturated carbocycles. The van der Waals surface area contributed by atoms with Crippen LogP contribution >= 0.6 is 0 Å². The molecule has 12 unspecified atom stereocenters. The number of aliphatic hydroxyl groups is 8. The number of carbonyl (C=O) groups is 1. The van der Waals surface area contributed by atoms with Crippen LogP contribution in [0.2, 0.25) is 0 Å². The largest absolute Gasteiger partial charge is 0.394 e. The number of allylic oxidation sites excluding steroid dienone is 5. The average molecular weight is 956 g/mol. The van der Waals surface area contributed by atoms with Gasteiger partial charge in [-0.1, -0.05) is 179 Å². The monoisotopic (exact) mass is 956 g/mol. The van der Waals surface area contributed by atoms with Gasteiger partial charge in [0.1, 0.15) is 48.8 Å². The van der Waals surface area contributed by atoms with E-state index in [1.165, 1.54) is 122 Å². The zero-order chi connectivity index (χ0) is 48.9. The standard InChI is InChI=1S/C53H97NO13/c1-3-5-7-9-11-13-14-15-16-17-18-19-20-21-22-23-24-25-26-27-28-29-31-33-35-37-45(58)54-41(42(57)36-34-32-30-12-10-8-6-4-2)40-64-52-50(63)48(61)51(44(39-56)66-52)67-53-49(62)47(60)46(59)43(38-55)65-53/h10,12,17-18,34,36,41-44,46-53,55-57,59-63H,3-9,11,13-16,19-33,35,37-40H2,1-2H3,(H,54,58)/b12-10+,18-17-,36-34+. The Bertz CT molecular complexity index is 1270. The Hall–Kier alpha value is -1.79. The first kappa shape index (κ1) is 61.3. The zero-order valence-electron chi connectivity index (χ0n) is 41.6. The van der Waals surface area contributed by atoms with E-state index in [1.54, 1.807) is 6.08 Å². The molecule has 2 aliphatic rings. The van der Waals surface area contributed by atoms with Crippen LogP contribution in [0.25, 0.3) is 0 Å². The van der Waals surface area contributed by atoms with Gasteiger partial charge in [-0.25, -0.2) is 0 Å². The molecule has 0 aromatic rings. The maximum atomic E-state index is 13.1. The summed E-state index contributed by atoms with van der Waals surface area (Å²) in [6, 6.07) is -0.927. The van der Waals surface area contributed by atoms with Crippen LogP contribution in [0.4, 0.5) is 0 Å². The van der Waals surface area contributed by atoms with Crippen molar-refractivity contribution < 1.29 is 64.6 Å². The molecule has 9 N–H and O–H groups in total. The van der Waals surface area contributed by atoms with Crippen molar-refractivity contribution in [3.05, 3.63) is 36.5 Å². The van der Waals surface area contributed by atoms with E-state index >= 15 is 0 Å². The van der Waals surface area contributed by atoms with E-state index in [1.807, 2.05) is 6.08 Å². The SMILES string of the molecule is CCCC/C=C/CC/C=C/C(O)C(COC1OC(CO)C(OC2OC(CO)C(O)C(O)C2O)C(O)C1O)NC(=O)CCCCCCCCCCCCCCC/C=C\CCCCCCCCCC. The lowest BCUT2D eigenvalue weighted by Crippen LogP contribution is -2.65. The first-order chi connectivity index (χ1) is 32.6. The second kappa shape index (κ2) is 39.9. The van der Waals surface area contributed by atoms with Crippen molar-refractivity contribution in [3.8, 4) is 0 Å². The Morgan fingerprint density at radius 3 is 1.51 bits per heavy atom. The van der Waals surface area contributed by atoms with Crippen LogP contribution in [-0.4, -0.2) is 140 Å². The highest BCUT2D eigenvalue weighted by molar-refractivity contribution is 5.76. The van der Waals surface area contributed by atoms with Crippen molar-refractivity contribution in [1.29, 1.82) is 0 Å². The Balaban J connectivity index is 1.70. The number of hydrogen-bond acceptors (Lipinski definition) is 13. The van der Waals surface area contributed by atoms with Crippen molar-refractivity contribution in [2.24, 2.45) is 0 Å². The topological polar surface area (TPSA) is 228 Å². The Kier molecular flexibility index (Phi) is 36.5. The summed E-state index contributed by atoms with van der Waals surface area (Å²) in [5.41, 5.74) is 0. The third-order valence-corrected chi connectivity index (χ3v) is 13.0. The van der Waals surface area contributed by atoms with Gasteiger partial charge in [0.15, 0.2) is 12.6 Å². The molecule has 14 nitrogen and oxygen atoms in total. The molecule has 14 heteroatoms. The summed E-state index contributed by atoms with van der Waals surface area (Å²) in [5.74, 6) is -0.253. The summed E-state index contributed by atoms with van der Waals surface area (Å²) in [7, 11) is 0. The number of carbonyl (C=O) groups excluding carboxylic acids is 1. The van der Waals surface area contributed by atoms with Gasteiger partial charge in [0, 0.05) is 6.42 Å². The lowest BCUT2D eigenvalue weighted by Gasteiger charge is -2.46. The van der Waals surface area contributed by atoms with E-state index in [9.17, 15) is 45.6 Å². The Morgan fingerprint density at radius 2 is 0.970 bits per heavy atom. The molecule has 2 rings (SSSR count). The van der Waals surface area contributed by atoms with Crippen molar-refractivity contribution in [1.82, 2.24) is 5.32 Å². The minimum atomic E-state index is -1.79. The lowest BCUT2D eigenvalue weighted by molar-refractivity contribution is -0.359. The highest BCUT2D eigenvalue weighted by atomic mass is 16.7. The molecular weight excluding hydrogens is 859 g/mol. The predicted molar refractivity (Wildman–Crippen MR) is 263 cm³/mol. The molecule has 1 amide bonds. The highest BCUT2D eigenvalue weighted by Crippen LogP contribution is 2.30. The van der Waals surface area contributed by atoms with Crippen LogP contribution in [-0.2, 0) is 23.7 Å². The van der Waals surface area contributed by atoms with Gasteiger partial charge in [0.05, 0.1) is 32.0 Å². The summed E-state index contributed by atoms with van der Waals surface area (Å²) in [5, 5.41) is 86.5. The Morgan fingerprint density at radius 1 is 0.522 bits per heavy atom. The Labute approximate surface area is 404 Å². The second-order valence-electron chi connectivity index (χ2n) is 19.0. The smallest absolute Gasteiger partial charge is 0.220 e. The molecule has 2 fully saturated rings. The summed E-state index contributed by atoms with van der Waals surface area (Å²) in [4.78, 5) is 13.1. The normalized spacial score (nSPS) is 26.8. The summed E-state index contributed by atoms with van der Waals surface area (Å²) in [6.45, 7) is 2.69. The number of nitrogens with one attached hydrogen (secondary N) is 1. The molecule has 0 aliphatic carbocycles. The van der Waals surface area contributed by atoms with Gasteiger partial charge in [0.25, 0.3) is 0 Å². The van der Waals surface area contributed by atoms with Crippen LogP contribution in [0.1, 0.15) is 200 Å². The van der Waals surface area contributed by atoms with E-state index in [2.05, 4.69) is 43.5 Å². The third-order valence-electron chi connectivity index (χ3n) is 13.0. The molecule has 2 aliphatic heterocycles. The molecule has 0 bridgehead atoms. The lowest BCUT2D eigenvalue weighted by atomic mass is 9.97. The number of ether oxygens (including phenoxy) is 4. The van der Waals surface area contributed by atoms with Gasteiger partial charge >= 0.3 is 0 Å². The van der Waals surface area contributed by atoms with E-state index in [4.69, 9.17) is 18.9 Å². The summed E-state index contributed by atoms with van der Waals surface area (Å²) in [6.07, 6.45) is 29.4. The van der Waals surface area contributed by atoms with Crippen LogP contribution in [0.5, 0.6) is 0 Å². The second-order valence-corrected chi connectivity index (χ2v) is 19.0. The molecule has 0 aromatic heterocycles. The minimum absolute atomic E-state index is 0.253. The molecule has 12 atom stereocenters. The van der Waals surface area contributed by atoms with Gasteiger partial charge in [0.2, 0.25) is 5.91 Å². The first-order valence-electron chi connectivity index (χ1n) is 26.7. The van der Waals surface area contributed by atoms with Gasteiger partial charge in [-0.2, -0.15) is 0 Å². The maximum Gasteiger partial charge on any atom is 0.220 e. The molecule has 67 heavy (non-hydrogen) atoms. The number of aliphatic hydroxyl groups excluding tert-OH is 8. The molecule has 2 heterocycles. The fourth-order valence-corrected chi connectivity index (χ4v) is 8.64. The van der Waals surface area contributed by atoms with Crippen molar-refractivity contribution in [2.45, 2.75) is 274 Å². The van der Waals surface area contributed by atoms with Gasteiger partial charge in [-0.15, -0.1) is 0 Å². The molecule has 392 valence electrons. The zero-order valence-corrected chi connectivity index (χ0v) is 41.6. The van der Waals surface area contributed by atoms with E-state index in [0.717, 1.165) is 44.9 Å². The molecule has 0 aromatic carbocycles. The van der Waals surface area contributed by atoms with Crippen LogP contribution in [0, 0.1) is 0 Å². The summed E-state index contributed by atoms with van der Waals surface area (Å²) >= 11 is 0. The summed E-state index contributed by atoms with van der Waals surface area (Å²) < 4.78 is 22.6. The van der Waals surface area contributed by atoms with E-state index in [-0.39, 0.29) is 18.9 Å². The van der Waals surface area contributed by atoms with Gasteiger partial charge < -0.3 is 65.1 Å². The van der Waals surface area contributed by atoms with Gasteiger partial charge in [-0.05, 0) is 51.4 Å². The number of rotatable bonds is 41. The fraction of sp³-hybridized carbons (Fsp3) is 0.868. The fourth-order valence-electron chi connectivity index (χ4n) is 8.64. The van der Waals surface area contributed by atoms with E-state index < -0.39 is 86.8 Å². The number of unbranched alkanes of at least 4 members (excludes halogenated alkanes) is 24. The first-order valence-corrected chi connectivity index (χ1v) is 26.7. The predicted octanol–water partition coefficient (Wildman–Crippen LogP) is 7.49. The quantitative estimate of drug-likeness (QED) is 0.0214. The number of hydrogen-bond donors (Lipinski definition) is 9. The van der Waals surface area contributed by atoms with Gasteiger partial charge in [-0.3, -0.25) is 4.79 Å². The average Bonchev–Trinajstić information content (AvgIpc) is 3.32. The minimum Gasteiger partial charge on any atom is -0.394 e. The van der Waals surface area contributed by atoms with Crippen molar-refractivity contribution in [2.75, 3.05) is 19.8 Å². The van der Waals surface area contributed by atoms with Crippen LogP contribution in [0.3, 0.4) is 0 Å². The molecule has 0 spiro atoms. The van der Waals surface area contributed by atoms with Crippen LogP contribution < -0.4 is 5.32 Å². The molecule has 2 saturated heterocycles. The maximum absolute atomic E-state index is 13.1. The third kappa shape index (κ3) is 26.8. The van der Waals surface area contributed by atoms with Crippen molar-refractivity contribution in [3.63, 3.8) is 0 Å². The van der Waals surface area contributed by atoms with E-state index in [0.29, 0.717) is 12.8 Å². The molecular formula is C53H97NO13. The molecule has 0 radical (unpaired) electrons. The highest BCUT2D eigenvalue weighted by Gasteiger charge is 2.51. The van der Waals surface area contributed by atoms with Crippen LogP contribution in [0.15, 0.2) is 36.5 Å². The van der Waals surface area contributed by atoms with Crippen molar-refractivity contribution >= 4 is 5.91 Å². The number of amides is 1.